The Balaban J connectivity index is 1.68. The standard InChI is InChI=1S/C22H16ClIN2O2/c1-12-8-19-20(9-13(12)2)28-22(26-19)17-11-16(6-7-18(17)23)25-21(27)14-4-3-5-15(24)10-14/h3-11H,1-2H3,(H,25,27). The molecule has 0 atom stereocenters. The molecule has 0 radical (unpaired) electrons. The van der Waals surface area contributed by atoms with Crippen molar-refractivity contribution in [1.82, 2.24) is 4.98 Å². The fraction of sp³-hybridized carbons (Fsp3) is 0.0909. The summed E-state index contributed by atoms with van der Waals surface area (Å²) in [7, 11) is 0. The van der Waals surface area contributed by atoms with Crippen LogP contribution in [0.15, 0.2) is 59.0 Å². The van der Waals surface area contributed by atoms with E-state index in [2.05, 4.69) is 32.9 Å². The van der Waals surface area contributed by atoms with Crippen molar-refractivity contribution in [3.63, 3.8) is 0 Å². The zero-order valence-corrected chi connectivity index (χ0v) is 18.1. The molecule has 28 heavy (non-hydrogen) atoms. The van der Waals surface area contributed by atoms with Gasteiger partial charge in [-0.05, 0) is 96.1 Å². The molecule has 0 saturated carbocycles. The smallest absolute Gasteiger partial charge is 0.255 e. The van der Waals surface area contributed by atoms with Crippen molar-refractivity contribution in [3.8, 4) is 11.5 Å². The molecule has 0 aliphatic rings. The summed E-state index contributed by atoms with van der Waals surface area (Å²) in [6.07, 6.45) is 0. The van der Waals surface area contributed by atoms with Gasteiger partial charge in [0.1, 0.15) is 5.52 Å². The normalized spacial score (nSPS) is 11.0. The van der Waals surface area contributed by atoms with Gasteiger partial charge in [0.25, 0.3) is 5.91 Å². The van der Waals surface area contributed by atoms with Crippen molar-refractivity contribution in [3.05, 3.63) is 79.9 Å². The van der Waals surface area contributed by atoms with Crippen molar-refractivity contribution >= 4 is 56.9 Å². The number of carbonyl (C=O) groups excluding carboxylic acids is 1. The largest absolute Gasteiger partial charge is 0.436 e. The molecule has 0 bridgehead atoms. The Hall–Kier alpha value is -2.38. The zero-order chi connectivity index (χ0) is 19.8. The fourth-order valence-electron chi connectivity index (χ4n) is 2.90. The molecule has 0 aliphatic heterocycles. The van der Waals surface area contributed by atoms with Crippen LogP contribution in [0.5, 0.6) is 0 Å². The highest BCUT2D eigenvalue weighted by molar-refractivity contribution is 14.1. The minimum absolute atomic E-state index is 0.185. The van der Waals surface area contributed by atoms with Crippen LogP contribution in [0.2, 0.25) is 5.02 Å². The van der Waals surface area contributed by atoms with Crippen molar-refractivity contribution in [2.45, 2.75) is 13.8 Å². The molecule has 1 amide bonds. The second kappa shape index (κ2) is 7.56. The molecule has 140 valence electrons. The molecular formula is C22H16ClIN2O2. The number of carbonyl (C=O) groups is 1. The summed E-state index contributed by atoms with van der Waals surface area (Å²) in [5.74, 6) is 0.242. The highest BCUT2D eigenvalue weighted by atomic mass is 127. The van der Waals surface area contributed by atoms with Gasteiger partial charge in [-0.25, -0.2) is 4.98 Å². The second-order valence-corrected chi connectivity index (χ2v) is 8.24. The number of nitrogens with one attached hydrogen (secondary N) is 1. The maximum atomic E-state index is 12.5. The first kappa shape index (κ1) is 19.0. The van der Waals surface area contributed by atoms with Crippen LogP contribution in [0.4, 0.5) is 5.69 Å². The van der Waals surface area contributed by atoms with Crippen LogP contribution in [0.3, 0.4) is 0 Å². The molecule has 0 saturated heterocycles. The summed E-state index contributed by atoms with van der Waals surface area (Å²) >= 11 is 8.56. The van der Waals surface area contributed by atoms with E-state index in [-0.39, 0.29) is 5.91 Å². The van der Waals surface area contributed by atoms with Crippen LogP contribution < -0.4 is 5.32 Å². The van der Waals surface area contributed by atoms with Crippen LogP contribution in [0, 0.1) is 17.4 Å². The molecule has 4 nitrogen and oxygen atoms in total. The second-order valence-electron chi connectivity index (χ2n) is 6.58. The number of rotatable bonds is 3. The van der Waals surface area contributed by atoms with Gasteiger partial charge in [-0.15, -0.1) is 0 Å². The average molecular weight is 503 g/mol. The average Bonchev–Trinajstić information content (AvgIpc) is 3.06. The van der Waals surface area contributed by atoms with E-state index in [0.717, 1.165) is 20.2 Å². The third kappa shape index (κ3) is 3.77. The summed E-state index contributed by atoms with van der Waals surface area (Å²) in [4.78, 5) is 17.1. The zero-order valence-electron chi connectivity index (χ0n) is 15.2. The highest BCUT2D eigenvalue weighted by Gasteiger charge is 2.15. The monoisotopic (exact) mass is 502 g/mol. The maximum Gasteiger partial charge on any atom is 0.255 e. The van der Waals surface area contributed by atoms with Crippen molar-refractivity contribution < 1.29 is 9.21 Å². The highest BCUT2D eigenvalue weighted by Crippen LogP contribution is 2.33. The van der Waals surface area contributed by atoms with Gasteiger partial charge in [-0.2, -0.15) is 0 Å². The Morgan fingerprint density at radius 3 is 2.64 bits per heavy atom. The van der Waals surface area contributed by atoms with Gasteiger partial charge >= 0.3 is 0 Å². The molecule has 0 spiro atoms. The van der Waals surface area contributed by atoms with Gasteiger partial charge in [0.2, 0.25) is 5.89 Å². The SMILES string of the molecule is Cc1cc2nc(-c3cc(NC(=O)c4cccc(I)c4)ccc3Cl)oc2cc1C. The molecule has 1 aromatic heterocycles. The minimum Gasteiger partial charge on any atom is -0.436 e. The van der Waals surface area contributed by atoms with Gasteiger partial charge in [0.05, 0.1) is 10.6 Å². The lowest BCUT2D eigenvalue weighted by Gasteiger charge is -2.08. The van der Waals surface area contributed by atoms with E-state index in [4.69, 9.17) is 16.0 Å². The number of aryl methyl sites for hydroxylation is 2. The number of hydrogen-bond donors (Lipinski definition) is 1. The molecule has 0 unspecified atom stereocenters. The maximum absolute atomic E-state index is 12.5. The van der Waals surface area contributed by atoms with Gasteiger partial charge in [-0.1, -0.05) is 17.7 Å². The lowest BCUT2D eigenvalue weighted by molar-refractivity contribution is 0.102. The predicted molar refractivity (Wildman–Crippen MR) is 121 cm³/mol. The van der Waals surface area contributed by atoms with E-state index in [1.807, 2.05) is 44.2 Å². The Morgan fingerprint density at radius 2 is 1.86 bits per heavy atom. The van der Waals surface area contributed by atoms with Gasteiger partial charge in [0.15, 0.2) is 5.58 Å². The number of hydrogen-bond acceptors (Lipinski definition) is 3. The van der Waals surface area contributed by atoms with E-state index < -0.39 is 0 Å². The Kier molecular flexibility index (Phi) is 5.12. The number of anilines is 1. The molecule has 6 heteroatoms. The van der Waals surface area contributed by atoms with Crippen LogP contribution in [-0.2, 0) is 0 Å². The van der Waals surface area contributed by atoms with Crippen molar-refractivity contribution in [2.24, 2.45) is 0 Å². The Morgan fingerprint density at radius 1 is 1.07 bits per heavy atom. The number of aromatic nitrogens is 1. The molecule has 1 heterocycles. The Labute approximate surface area is 181 Å². The first-order valence-corrected chi connectivity index (χ1v) is 10.1. The lowest BCUT2D eigenvalue weighted by Crippen LogP contribution is -2.12. The van der Waals surface area contributed by atoms with Gasteiger partial charge < -0.3 is 9.73 Å². The van der Waals surface area contributed by atoms with E-state index >= 15 is 0 Å². The van der Waals surface area contributed by atoms with Crippen LogP contribution in [0.1, 0.15) is 21.5 Å². The summed E-state index contributed by atoms with van der Waals surface area (Å²) < 4.78 is 6.92. The lowest BCUT2D eigenvalue weighted by atomic mass is 10.1. The topological polar surface area (TPSA) is 55.1 Å². The number of benzene rings is 3. The molecule has 1 N–H and O–H groups in total. The molecule has 3 aromatic carbocycles. The first-order valence-electron chi connectivity index (χ1n) is 8.65. The van der Waals surface area contributed by atoms with E-state index in [0.29, 0.717) is 33.3 Å². The van der Waals surface area contributed by atoms with Crippen LogP contribution in [-0.4, -0.2) is 10.9 Å². The quantitative estimate of drug-likeness (QED) is 0.320. The third-order valence-corrected chi connectivity index (χ3v) is 5.55. The molecule has 4 rings (SSSR count). The number of nitrogens with zero attached hydrogens (tertiary/aromatic N) is 1. The van der Waals surface area contributed by atoms with E-state index in [1.165, 1.54) is 0 Å². The van der Waals surface area contributed by atoms with Crippen LogP contribution >= 0.6 is 34.2 Å². The van der Waals surface area contributed by atoms with Gasteiger partial charge in [0, 0.05) is 14.8 Å². The fourth-order valence-corrected chi connectivity index (χ4v) is 3.64. The molecule has 0 aliphatic carbocycles. The summed E-state index contributed by atoms with van der Waals surface area (Å²) in [6, 6.07) is 16.6. The molecule has 0 fully saturated rings. The predicted octanol–water partition coefficient (Wildman–Crippen LogP) is 6.62. The molecular weight excluding hydrogens is 487 g/mol. The van der Waals surface area contributed by atoms with Gasteiger partial charge in [-0.3, -0.25) is 4.79 Å². The summed E-state index contributed by atoms with van der Waals surface area (Å²) in [5, 5.41) is 3.41. The third-order valence-electron chi connectivity index (χ3n) is 4.55. The number of oxazole rings is 1. The summed E-state index contributed by atoms with van der Waals surface area (Å²) in [5.41, 5.74) is 5.63. The minimum atomic E-state index is -0.185. The molecule has 4 aromatic rings. The van der Waals surface area contributed by atoms with Crippen molar-refractivity contribution in [1.29, 1.82) is 0 Å². The van der Waals surface area contributed by atoms with Crippen LogP contribution in [0.25, 0.3) is 22.6 Å². The Bertz CT molecular complexity index is 1180. The van der Waals surface area contributed by atoms with E-state index in [1.54, 1.807) is 24.3 Å². The number of amides is 1. The first-order chi connectivity index (χ1) is 13.4. The van der Waals surface area contributed by atoms with Crippen molar-refractivity contribution in [2.75, 3.05) is 5.32 Å². The number of halogens is 2. The van der Waals surface area contributed by atoms with E-state index in [9.17, 15) is 4.79 Å². The number of fused-ring (bicyclic) bond motifs is 1. The summed E-state index contributed by atoms with van der Waals surface area (Å²) in [6.45, 7) is 4.07.